The normalized spacial score (nSPS) is 13.5. The van der Waals surface area contributed by atoms with Crippen LogP contribution < -0.4 is 5.30 Å². The van der Waals surface area contributed by atoms with Crippen LogP contribution in [0.1, 0.15) is 27.0 Å². The van der Waals surface area contributed by atoms with E-state index in [1.807, 2.05) is 39.0 Å². The third kappa shape index (κ3) is 3.84. The third-order valence-corrected chi connectivity index (χ3v) is 6.10. The smallest absolute Gasteiger partial charge is 0.300 e. The summed E-state index contributed by atoms with van der Waals surface area (Å²) in [4.78, 5) is 13.2. The first-order valence-corrected chi connectivity index (χ1v) is 9.44. The van der Waals surface area contributed by atoms with Gasteiger partial charge in [-0.2, -0.15) is 0 Å². The van der Waals surface area contributed by atoms with Gasteiger partial charge >= 0.3 is 7.37 Å². The molecule has 1 unspecified atom stereocenters. The highest BCUT2D eigenvalue weighted by Crippen LogP contribution is 2.49. The highest BCUT2D eigenvalue weighted by molar-refractivity contribution is 7.83. The molecule has 0 N–H and O–H groups in total. The van der Waals surface area contributed by atoms with Gasteiger partial charge in [-0.15, -0.1) is 0 Å². The van der Waals surface area contributed by atoms with E-state index < -0.39 is 12.9 Å². The molecule has 2 rings (SSSR count). The van der Waals surface area contributed by atoms with Crippen molar-refractivity contribution in [2.24, 2.45) is 0 Å². The minimum atomic E-state index is -3.70. The molecule has 0 bridgehead atoms. The zero-order valence-electron chi connectivity index (χ0n) is 14.5. The van der Waals surface area contributed by atoms with Crippen molar-refractivity contribution < 1.29 is 18.6 Å². The van der Waals surface area contributed by atoms with E-state index in [0.717, 1.165) is 16.7 Å². The van der Waals surface area contributed by atoms with Crippen LogP contribution in [0.25, 0.3) is 0 Å². The summed E-state index contributed by atoms with van der Waals surface area (Å²) in [7, 11) is -2.17. The molecule has 0 aliphatic carbocycles. The maximum Gasteiger partial charge on any atom is 0.300 e. The van der Waals surface area contributed by atoms with Crippen LogP contribution in [0.15, 0.2) is 42.5 Å². The molecule has 0 aromatic heterocycles. The largest absolute Gasteiger partial charge is 0.382 e. The Labute approximate surface area is 143 Å². The molecule has 0 saturated heterocycles. The van der Waals surface area contributed by atoms with Crippen molar-refractivity contribution in [3.05, 3.63) is 64.7 Å². The van der Waals surface area contributed by atoms with E-state index in [0.29, 0.717) is 10.9 Å². The van der Waals surface area contributed by atoms with Crippen molar-refractivity contribution in [2.45, 2.75) is 20.8 Å². The van der Waals surface area contributed by atoms with E-state index >= 15 is 0 Å². The number of aryl methyl sites for hydroxylation is 3. The number of rotatable bonds is 7. The summed E-state index contributed by atoms with van der Waals surface area (Å²) in [6, 6.07) is 12.5. The Balaban J connectivity index is 2.52. The Kier molecular flexibility index (Phi) is 6.11. The summed E-state index contributed by atoms with van der Waals surface area (Å²) < 4.78 is 24.1. The lowest BCUT2D eigenvalue weighted by atomic mass is 10.0. The first kappa shape index (κ1) is 18.6. The lowest BCUT2D eigenvalue weighted by Crippen LogP contribution is -2.19. The molecule has 1 atom stereocenters. The Morgan fingerprint density at radius 3 is 2.12 bits per heavy atom. The monoisotopic (exact) mass is 346 g/mol. The van der Waals surface area contributed by atoms with Crippen LogP contribution in [-0.4, -0.2) is 25.8 Å². The van der Waals surface area contributed by atoms with Crippen molar-refractivity contribution in [2.75, 3.05) is 20.3 Å². The van der Waals surface area contributed by atoms with Crippen LogP contribution in [0.4, 0.5) is 0 Å². The summed E-state index contributed by atoms with van der Waals surface area (Å²) in [6.45, 7) is 6.06. The number of carbonyl (C=O) groups is 1. The summed E-state index contributed by atoms with van der Waals surface area (Å²) in [5, 5.41) is 0.408. The van der Waals surface area contributed by atoms with E-state index in [1.54, 1.807) is 24.3 Å². The maximum absolute atomic E-state index is 13.6. The molecule has 128 valence electrons. The summed E-state index contributed by atoms with van der Waals surface area (Å²) in [5.41, 5.74) is 2.70. The zero-order valence-corrected chi connectivity index (χ0v) is 15.4. The van der Waals surface area contributed by atoms with Gasteiger partial charge in [0.05, 0.1) is 13.2 Å². The Morgan fingerprint density at radius 2 is 1.58 bits per heavy atom. The predicted octanol–water partition coefficient (Wildman–Crippen LogP) is 4.02. The average Bonchev–Trinajstić information content (AvgIpc) is 2.54. The van der Waals surface area contributed by atoms with E-state index in [4.69, 9.17) is 9.26 Å². The fraction of sp³-hybridized carbons (Fsp3) is 0.316. The van der Waals surface area contributed by atoms with Gasteiger partial charge in [0.1, 0.15) is 0 Å². The van der Waals surface area contributed by atoms with E-state index in [1.165, 1.54) is 7.11 Å². The SMILES string of the molecule is COCCOP(=O)(C(=O)c1c(C)cc(C)cc1C)c1ccccc1. The van der Waals surface area contributed by atoms with E-state index in [2.05, 4.69) is 0 Å². The highest BCUT2D eigenvalue weighted by Gasteiger charge is 2.37. The highest BCUT2D eigenvalue weighted by atomic mass is 31.2. The lowest BCUT2D eigenvalue weighted by Gasteiger charge is -2.20. The van der Waals surface area contributed by atoms with Crippen LogP contribution >= 0.6 is 7.37 Å². The number of benzene rings is 2. The van der Waals surface area contributed by atoms with Crippen LogP contribution in [0.3, 0.4) is 0 Å². The fourth-order valence-electron chi connectivity index (χ4n) is 2.79. The van der Waals surface area contributed by atoms with E-state index in [-0.39, 0.29) is 13.2 Å². The minimum absolute atomic E-state index is 0.0956. The van der Waals surface area contributed by atoms with Crippen LogP contribution in [0.2, 0.25) is 0 Å². The maximum atomic E-state index is 13.6. The minimum Gasteiger partial charge on any atom is -0.382 e. The second-order valence-electron chi connectivity index (χ2n) is 5.79. The molecular formula is C19H23O4P. The quantitative estimate of drug-likeness (QED) is 0.561. The first-order chi connectivity index (χ1) is 11.4. The molecule has 24 heavy (non-hydrogen) atoms. The number of methoxy groups -OCH3 is 1. The van der Waals surface area contributed by atoms with Gasteiger partial charge in [-0.05, 0) is 44.0 Å². The van der Waals surface area contributed by atoms with Crippen molar-refractivity contribution >= 4 is 18.2 Å². The standard InChI is InChI=1S/C19H23O4P/c1-14-12-15(2)18(16(3)13-14)19(20)24(21,23-11-10-22-4)17-8-6-5-7-9-17/h5-9,12-13H,10-11H2,1-4H3. The number of hydrogen-bond acceptors (Lipinski definition) is 4. The Morgan fingerprint density at radius 1 is 1.00 bits per heavy atom. The van der Waals surface area contributed by atoms with Gasteiger partial charge in [-0.25, -0.2) is 0 Å². The zero-order chi connectivity index (χ0) is 17.7. The fourth-order valence-corrected chi connectivity index (χ4v) is 4.83. The van der Waals surface area contributed by atoms with Crippen LogP contribution in [0.5, 0.6) is 0 Å². The molecule has 0 heterocycles. The molecule has 2 aromatic rings. The van der Waals surface area contributed by atoms with Crippen molar-refractivity contribution in [3.63, 3.8) is 0 Å². The second kappa shape index (κ2) is 7.89. The molecule has 2 aromatic carbocycles. The number of ether oxygens (including phenoxy) is 1. The second-order valence-corrected chi connectivity index (χ2v) is 8.08. The van der Waals surface area contributed by atoms with Gasteiger partial charge in [-0.1, -0.05) is 35.9 Å². The summed E-state index contributed by atoms with van der Waals surface area (Å²) in [5.74, 6) is 0. The average molecular weight is 346 g/mol. The van der Waals surface area contributed by atoms with Crippen LogP contribution in [-0.2, 0) is 13.8 Å². The molecular weight excluding hydrogens is 323 g/mol. The van der Waals surface area contributed by atoms with Gasteiger partial charge in [0, 0.05) is 18.0 Å². The predicted molar refractivity (Wildman–Crippen MR) is 96.5 cm³/mol. The van der Waals surface area contributed by atoms with E-state index in [9.17, 15) is 9.36 Å². The summed E-state index contributed by atoms with van der Waals surface area (Å²) in [6.07, 6.45) is 0. The Hall–Kier alpha value is -1.74. The molecule has 0 amide bonds. The molecule has 0 fully saturated rings. The number of hydrogen-bond donors (Lipinski definition) is 0. The molecule has 0 aliphatic rings. The summed E-state index contributed by atoms with van der Waals surface area (Å²) >= 11 is 0. The van der Waals surface area contributed by atoms with Crippen LogP contribution in [0, 0.1) is 20.8 Å². The molecule has 4 nitrogen and oxygen atoms in total. The van der Waals surface area contributed by atoms with Gasteiger partial charge in [0.15, 0.2) is 0 Å². The lowest BCUT2D eigenvalue weighted by molar-refractivity contribution is 0.103. The first-order valence-electron chi connectivity index (χ1n) is 7.82. The molecule has 0 aliphatic heterocycles. The van der Waals surface area contributed by atoms with Gasteiger partial charge in [0.25, 0.3) is 5.52 Å². The third-order valence-electron chi connectivity index (χ3n) is 3.81. The number of carbonyl (C=O) groups excluding carboxylic acids is 1. The van der Waals surface area contributed by atoms with Gasteiger partial charge in [0.2, 0.25) is 0 Å². The van der Waals surface area contributed by atoms with Crippen molar-refractivity contribution in [1.82, 2.24) is 0 Å². The van der Waals surface area contributed by atoms with Crippen molar-refractivity contribution in [1.29, 1.82) is 0 Å². The van der Waals surface area contributed by atoms with Gasteiger partial charge in [-0.3, -0.25) is 9.36 Å². The molecule has 0 saturated carbocycles. The molecule has 0 spiro atoms. The van der Waals surface area contributed by atoms with Gasteiger partial charge < -0.3 is 9.26 Å². The van der Waals surface area contributed by atoms with Crippen molar-refractivity contribution in [3.8, 4) is 0 Å². The Bertz CT molecular complexity index is 745. The topological polar surface area (TPSA) is 52.6 Å². The molecule has 0 radical (unpaired) electrons. The molecule has 5 heteroatoms.